The van der Waals surface area contributed by atoms with Gasteiger partial charge in [0.2, 0.25) is 0 Å². The number of ether oxygens (including phenoxy) is 1. The molecule has 0 fully saturated rings. The predicted molar refractivity (Wildman–Crippen MR) is 93.0 cm³/mol. The fraction of sp³-hybridized carbons (Fsp3) is 0.600. The lowest BCUT2D eigenvalue weighted by Crippen LogP contribution is -2.46. The monoisotopic (exact) mass is 349 g/mol. The number of aromatic nitrogens is 4. The van der Waals surface area contributed by atoms with E-state index in [1.54, 1.807) is 25.5 Å². The molecule has 2 aromatic heterocycles. The van der Waals surface area contributed by atoms with Gasteiger partial charge in [0.25, 0.3) is 0 Å². The van der Waals surface area contributed by atoms with Crippen LogP contribution < -0.4 is 10.6 Å². The maximum atomic E-state index is 5.10. The van der Waals surface area contributed by atoms with Crippen molar-refractivity contribution in [3.8, 4) is 0 Å². The predicted octanol–water partition coefficient (Wildman–Crippen LogP) is 0.869. The summed E-state index contributed by atoms with van der Waals surface area (Å²) in [5, 5.41) is 12.3. The van der Waals surface area contributed by atoms with Crippen molar-refractivity contribution < 1.29 is 4.74 Å². The van der Waals surface area contributed by atoms with Crippen LogP contribution in [0.4, 0.5) is 0 Å². The van der Waals surface area contributed by atoms with Crippen LogP contribution in [0.25, 0.3) is 0 Å². The number of nitrogens with one attached hydrogen (secondary N) is 2. The summed E-state index contributed by atoms with van der Waals surface area (Å²) in [5.74, 6) is 2.56. The molecule has 2 aromatic rings. The number of hydrogen-bond acceptors (Lipinski definition) is 6. The molecule has 1 aliphatic heterocycles. The van der Waals surface area contributed by atoms with E-state index in [0.29, 0.717) is 13.2 Å². The number of guanidine groups is 1. The average molecular weight is 349 g/mol. The molecule has 1 unspecified atom stereocenters. The Bertz CT molecular complexity index is 708. The van der Waals surface area contributed by atoms with E-state index in [4.69, 9.17) is 4.74 Å². The molecule has 0 radical (unpaired) electrons. The number of methoxy groups -OCH3 is 1. The lowest BCUT2D eigenvalue weighted by atomic mass is 10.1. The minimum absolute atomic E-state index is 0.277. The number of thiazole rings is 1. The molecule has 1 aliphatic rings. The molecule has 8 nitrogen and oxygen atoms in total. The van der Waals surface area contributed by atoms with Crippen LogP contribution in [0.5, 0.6) is 0 Å². The van der Waals surface area contributed by atoms with Crippen LogP contribution in [0, 0.1) is 6.92 Å². The van der Waals surface area contributed by atoms with Gasteiger partial charge in [0.1, 0.15) is 17.4 Å². The molecule has 0 bridgehead atoms. The van der Waals surface area contributed by atoms with E-state index in [1.165, 1.54) is 4.88 Å². The normalized spacial score (nSPS) is 17.6. The molecule has 3 heterocycles. The highest BCUT2D eigenvalue weighted by atomic mass is 32.1. The molecule has 3 rings (SSSR count). The molecular weight excluding hydrogens is 326 g/mol. The minimum Gasteiger partial charge on any atom is -0.377 e. The van der Waals surface area contributed by atoms with Crippen LogP contribution in [-0.2, 0) is 30.9 Å². The van der Waals surface area contributed by atoms with E-state index in [2.05, 4.69) is 37.6 Å². The molecule has 24 heavy (non-hydrogen) atoms. The van der Waals surface area contributed by atoms with E-state index in [1.807, 2.05) is 10.9 Å². The molecule has 0 aromatic carbocycles. The Labute approximate surface area is 145 Å². The third-order valence-electron chi connectivity index (χ3n) is 3.82. The molecule has 1 atom stereocenters. The molecule has 0 aliphatic carbocycles. The summed E-state index contributed by atoms with van der Waals surface area (Å²) in [5.41, 5.74) is 0. The number of rotatable bonds is 5. The van der Waals surface area contributed by atoms with Crippen molar-refractivity contribution in [1.82, 2.24) is 30.4 Å². The first kappa shape index (κ1) is 16.8. The van der Waals surface area contributed by atoms with Crippen LogP contribution in [0.2, 0.25) is 0 Å². The lowest BCUT2D eigenvalue weighted by Gasteiger charge is -2.25. The van der Waals surface area contributed by atoms with E-state index in [-0.39, 0.29) is 6.04 Å². The van der Waals surface area contributed by atoms with Gasteiger partial charge in [-0.05, 0) is 13.3 Å². The van der Waals surface area contributed by atoms with E-state index in [0.717, 1.165) is 42.0 Å². The highest BCUT2D eigenvalue weighted by molar-refractivity contribution is 7.11. The summed E-state index contributed by atoms with van der Waals surface area (Å²) in [4.78, 5) is 14.4. The average Bonchev–Trinajstić information content (AvgIpc) is 3.16. The third kappa shape index (κ3) is 4.09. The fourth-order valence-corrected chi connectivity index (χ4v) is 3.43. The molecule has 0 spiro atoms. The van der Waals surface area contributed by atoms with Crippen molar-refractivity contribution in [1.29, 1.82) is 0 Å². The standard InChI is InChI=1S/C15H23N7OS/c1-10-6-17-14(24-10)7-18-15(16-2)19-11-4-5-13-20-12(9-23-3)21-22(13)8-11/h6,11H,4-5,7-9H2,1-3H3,(H2,16,18,19). The molecule has 0 saturated carbocycles. The minimum atomic E-state index is 0.277. The zero-order valence-electron chi connectivity index (χ0n) is 14.2. The smallest absolute Gasteiger partial charge is 0.191 e. The summed E-state index contributed by atoms with van der Waals surface area (Å²) in [6.07, 6.45) is 3.79. The topological polar surface area (TPSA) is 89.2 Å². The van der Waals surface area contributed by atoms with E-state index < -0.39 is 0 Å². The Kier molecular flexibility index (Phi) is 5.41. The number of fused-ring (bicyclic) bond motifs is 1. The lowest BCUT2D eigenvalue weighted by molar-refractivity contribution is 0.177. The van der Waals surface area contributed by atoms with Gasteiger partial charge >= 0.3 is 0 Å². The number of aliphatic imine (C=N–C) groups is 1. The highest BCUT2D eigenvalue weighted by Crippen LogP contribution is 2.14. The molecular formula is C15H23N7OS. The first-order valence-corrected chi connectivity index (χ1v) is 8.79. The Morgan fingerprint density at radius 1 is 1.54 bits per heavy atom. The van der Waals surface area contributed by atoms with Crippen molar-refractivity contribution in [3.05, 3.63) is 27.7 Å². The highest BCUT2D eigenvalue weighted by Gasteiger charge is 2.22. The number of nitrogens with zero attached hydrogens (tertiary/aromatic N) is 5. The SMILES string of the molecule is CN=C(NCc1ncc(C)s1)NC1CCc2nc(COC)nn2C1. The second-order valence-corrected chi connectivity index (χ2v) is 7.05. The Morgan fingerprint density at radius 3 is 3.12 bits per heavy atom. The second-order valence-electron chi connectivity index (χ2n) is 5.73. The van der Waals surface area contributed by atoms with E-state index >= 15 is 0 Å². The van der Waals surface area contributed by atoms with Crippen molar-refractivity contribution in [3.63, 3.8) is 0 Å². The van der Waals surface area contributed by atoms with Crippen LogP contribution in [0.3, 0.4) is 0 Å². The third-order valence-corrected chi connectivity index (χ3v) is 4.73. The van der Waals surface area contributed by atoms with Crippen LogP contribution in [0.15, 0.2) is 11.2 Å². The van der Waals surface area contributed by atoms with Crippen LogP contribution in [0.1, 0.15) is 28.0 Å². The molecule has 9 heteroatoms. The van der Waals surface area contributed by atoms with Gasteiger partial charge in [-0.15, -0.1) is 11.3 Å². The van der Waals surface area contributed by atoms with Gasteiger partial charge in [-0.3, -0.25) is 4.99 Å². The maximum Gasteiger partial charge on any atom is 0.191 e. The first-order valence-electron chi connectivity index (χ1n) is 7.98. The Hall–Kier alpha value is -2.00. The Balaban J connectivity index is 1.54. The van der Waals surface area contributed by atoms with Crippen molar-refractivity contribution in [2.75, 3.05) is 14.2 Å². The van der Waals surface area contributed by atoms with Gasteiger partial charge in [0.05, 0.1) is 13.1 Å². The summed E-state index contributed by atoms with van der Waals surface area (Å²) in [6, 6.07) is 0.277. The summed E-state index contributed by atoms with van der Waals surface area (Å²) < 4.78 is 7.07. The molecule has 0 saturated heterocycles. The zero-order chi connectivity index (χ0) is 16.9. The summed E-state index contributed by atoms with van der Waals surface area (Å²) in [7, 11) is 3.44. The van der Waals surface area contributed by atoms with Crippen molar-refractivity contribution >= 4 is 17.3 Å². The van der Waals surface area contributed by atoms with Gasteiger partial charge in [-0.1, -0.05) is 0 Å². The van der Waals surface area contributed by atoms with Gasteiger partial charge in [0.15, 0.2) is 11.8 Å². The maximum absolute atomic E-state index is 5.10. The number of aryl methyl sites for hydroxylation is 2. The molecule has 2 N–H and O–H groups in total. The first-order chi connectivity index (χ1) is 11.7. The van der Waals surface area contributed by atoms with Gasteiger partial charge in [-0.2, -0.15) is 5.10 Å². The van der Waals surface area contributed by atoms with Gasteiger partial charge in [0, 0.05) is 37.7 Å². The summed E-state index contributed by atoms with van der Waals surface area (Å²) in [6.45, 7) is 3.97. The Morgan fingerprint density at radius 2 is 2.42 bits per heavy atom. The second kappa shape index (κ2) is 7.71. The van der Waals surface area contributed by atoms with Crippen LogP contribution in [-0.4, -0.2) is 45.9 Å². The quantitative estimate of drug-likeness (QED) is 0.615. The van der Waals surface area contributed by atoms with Crippen LogP contribution >= 0.6 is 11.3 Å². The number of hydrogen-bond donors (Lipinski definition) is 2. The van der Waals surface area contributed by atoms with Crippen molar-refractivity contribution in [2.24, 2.45) is 4.99 Å². The zero-order valence-corrected chi connectivity index (χ0v) is 15.1. The fourth-order valence-electron chi connectivity index (χ4n) is 2.70. The van der Waals surface area contributed by atoms with E-state index in [9.17, 15) is 0 Å². The molecule has 130 valence electrons. The van der Waals surface area contributed by atoms with Gasteiger partial charge < -0.3 is 15.4 Å². The van der Waals surface area contributed by atoms with Crippen molar-refractivity contribution in [2.45, 2.75) is 45.5 Å². The largest absolute Gasteiger partial charge is 0.377 e. The molecule has 0 amide bonds. The summed E-state index contributed by atoms with van der Waals surface area (Å²) >= 11 is 1.69. The van der Waals surface area contributed by atoms with Gasteiger partial charge in [-0.25, -0.2) is 14.6 Å².